The summed E-state index contributed by atoms with van der Waals surface area (Å²) in [4.78, 5) is 12.7. The SMILES string of the molecule is CCS(=O)(=O)N1CCC(C(=O)Nc2ccnn2Cc2c(Cl)cccc2Cl)CC1. The molecule has 1 amide bonds. The second-order valence-electron chi connectivity index (χ2n) is 6.64. The van der Waals surface area contributed by atoms with Crippen molar-refractivity contribution in [3.8, 4) is 0 Å². The maximum absolute atomic E-state index is 12.7. The van der Waals surface area contributed by atoms with Crippen LogP contribution in [0, 0.1) is 5.92 Å². The molecule has 1 aromatic carbocycles. The van der Waals surface area contributed by atoms with E-state index in [0.29, 0.717) is 48.3 Å². The molecule has 0 aliphatic carbocycles. The van der Waals surface area contributed by atoms with Crippen molar-refractivity contribution in [1.82, 2.24) is 14.1 Å². The highest BCUT2D eigenvalue weighted by Gasteiger charge is 2.30. The molecule has 1 aliphatic rings. The van der Waals surface area contributed by atoms with Crippen LogP contribution < -0.4 is 5.32 Å². The van der Waals surface area contributed by atoms with Gasteiger partial charge in [-0.25, -0.2) is 17.4 Å². The predicted octanol–water partition coefficient (Wildman–Crippen LogP) is 3.24. The Morgan fingerprint density at radius 3 is 2.46 bits per heavy atom. The molecule has 0 unspecified atom stereocenters. The van der Waals surface area contributed by atoms with Crippen LogP contribution >= 0.6 is 23.2 Å². The fourth-order valence-corrected chi connectivity index (χ4v) is 4.85. The van der Waals surface area contributed by atoms with Gasteiger partial charge in [0.05, 0.1) is 18.5 Å². The van der Waals surface area contributed by atoms with Crippen LogP contribution in [-0.4, -0.2) is 47.3 Å². The molecule has 2 heterocycles. The number of nitrogens with one attached hydrogen (secondary N) is 1. The molecule has 1 aliphatic heterocycles. The van der Waals surface area contributed by atoms with Gasteiger partial charge in [0.25, 0.3) is 0 Å². The fraction of sp³-hybridized carbons (Fsp3) is 0.444. The zero-order chi connectivity index (χ0) is 20.3. The number of rotatable bonds is 6. The van der Waals surface area contributed by atoms with Crippen molar-refractivity contribution in [2.45, 2.75) is 26.3 Å². The Morgan fingerprint density at radius 2 is 1.86 bits per heavy atom. The Labute approximate surface area is 174 Å². The van der Waals surface area contributed by atoms with Gasteiger partial charge in [0.1, 0.15) is 5.82 Å². The summed E-state index contributed by atoms with van der Waals surface area (Å²) in [5, 5.41) is 8.20. The number of carbonyl (C=O) groups excluding carboxylic acids is 1. The van der Waals surface area contributed by atoms with Crippen molar-refractivity contribution in [2.24, 2.45) is 5.92 Å². The number of hydrogen-bond donors (Lipinski definition) is 1. The molecule has 0 atom stereocenters. The summed E-state index contributed by atoms with van der Waals surface area (Å²) in [6.45, 7) is 2.68. The lowest BCUT2D eigenvalue weighted by molar-refractivity contribution is -0.121. The van der Waals surface area contributed by atoms with E-state index in [1.165, 1.54) is 4.31 Å². The molecule has 0 spiro atoms. The summed E-state index contributed by atoms with van der Waals surface area (Å²) >= 11 is 12.4. The Morgan fingerprint density at radius 1 is 1.21 bits per heavy atom. The molecule has 28 heavy (non-hydrogen) atoms. The van der Waals surface area contributed by atoms with Crippen LogP contribution in [0.1, 0.15) is 25.3 Å². The molecule has 0 saturated carbocycles. The van der Waals surface area contributed by atoms with E-state index in [4.69, 9.17) is 23.2 Å². The molecular weight excluding hydrogens is 423 g/mol. The number of benzene rings is 1. The third-order valence-corrected chi connectivity index (χ3v) is 7.51. The molecular formula is C18H22Cl2N4O3S. The summed E-state index contributed by atoms with van der Waals surface area (Å²) in [5.41, 5.74) is 0.725. The topological polar surface area (TPSA) is 84.3 Å². The number of hydrogen-bond acceptors (Lipinski definition) is 4. The minimum absolute atomic E-state index is 0.0770. The van der Waals surface area contributed by atoms with Crippen LogP contribution in [0.3, 0.4) is 0 Å². The number of amides is 1. The normalized spacial score (nSPS) is 16.2. The Kier molecular flexibility index (Phi) is 6.65. The van der Waals surface area contributed by atoms with Gasteiger partial charge in [-0.05, 0) is 31.9 Å². The monoisotopic (exact) mass is 444 g/mol. The van der Waals surface area contributed by atoms with Gasteiger partial charge in [-0.3, -0.25) is 4.79 Å². The average molecular weight is 445 g/mol. The van der Waals surface area contributed by atoms with Crippen molar-refractivity contribution in [1.29, 1.82) is 0 Å². The van der Waals surface area contributed by atoms with Gasteiger partial charge in [0.15, 0.2) is 0 Å². The molecule has 1 saturated heterocycles. The minimum atomic E-state index is -3.21. The first-order valence-electron chi connectivity index (χ1n) is 9.05. The third kappa shape index (κ3) is 4.68. The van der Waals surface area contributed by atoms with E-state index in [9.17, 15) is 13.2 Å². The van der Waals surface area contributed by atoms with E-state index >= 15 is 0 Å². The summed E-state index contributed by atoms with van der Waals surface area (Å²) in [5.74, 6) is 0.244. The van der Waals surface area contributed by atoms with Gasteiger partial charge in [-0.1, -0.05) is 29.3 Å². The number of aromatic nitrogens is 2. The fourth-order valence-electron chi connectivity index (χ4n) is 3.21. The third-order valence-electron chi connectivity index (χ3n) is 4.92. The molecule has 0 bridgehead atoms. The van der Waals surface area contributed by atoms with Crippen molar-refractivity contribution in [3.63, 3.8) is 0 Å². The van der Waals surface area contributed by atoms with E-state index in [1.54, 1.807) is 42.1 Å². The zero-order valence-electron chi connectivity index (χ0n) is 15.4. The largest absolute Gasteiger partial charge is 0.311 e. The molecule has 152 valence electrons. The second kappa shape index (κ2) is 8.82. The zero-order valence-corrected chi connectivity index (χ0v) is 17.8. The standard InChI is InChI=1S/C18H22Cl2N4O3S/c1-2-28(26,27)23-10-7-13(8-11-23)18(25)22-17-6-9-21-24(17)12-14-15(19)4-3-5-16(14)20/h3-6,9,13H,2,7-8,10-12H2,1H3,(H,22,25). The number of anilines is 1. The lowest BCUT2D eigenvalue weighted by Crippen LogP contribution is -2.42. The van der Waals surface area contributed by atoms with Crippen molar-refractivity contribution >= 4 is 45.0 Å². The van der Waals surface area contributed by atoms with E-state index in [2.05, 4.69) is 10.4 Å². The van der Waals surface area contributed by atoms with Gasteiger partial charge < -0.3 is 5.32 Å². The van der Waals surface area contributed by atoms with Crippen molar-refractivity contribution < 1.29 is 13.2 Å². The highest BCUT2D eigenvalue weighted by Crippen LogP contribution is 2.26. The van der Waals surface area contributed by atoms with E-state index in [1.807, 2.05) is 0 Å². The summed E-state index contributed by atoms with van der Waals surface area (Å²) in [6.07, 6.45) is 2.59. The first kappa shape index (κ1) is 21.1. The smallest absolute Gasteiger partial charge is 0.228 e. The maximum atomic E-state index is 12.7. The number of piperidine rings is 1. The molecule has 1 N–H and O–H groups in total. The van der Waals surface area contributed by atoms with Gasteiger partial charge in [-0.15, -0.1) is 0 Å². The molecule has 3 rings (SSSR count). The van der Waals surface area contributed by atoms with Crippen LogP contribution in [0.25, 0.3) is 0 Å². The molecule has 10 heteroatoms. The number of nitrogens with zero attached hydrogens (tertiary/aromatic N) is 3. The predicted molar refractivity (Wildman–Crippen MR) is 110 cm³/mol. The highest BCUT2D eigenvalue weighted by atomic mass is 35.5. The Hall–Kier alpha value is -1.61. The number of carbonyl (C=O) groups is 1. The first-order valence-corrected chi connectivity index (χ1v) is 11.4. The maximum Gasteiger partial charge on any atom is 0.228 e. The lowest BCUT2D eigenvalue weighted by atomic mass is 9.97. The number of halogens is 2. The van der Waals surface area contributed by atoms with Crippen LogP contribution in [0.15, 0.2) is 30.5 Å². The van der Waals surface area contributed by atoms with Crippen molar-refractivity contribution in [2.75, 3.05) is 24.2 Å². The van der Waals surface area contributed by atoms with E-state index < -0.39 is 10.0 Å². The first-order chi connectivity index (χ1) is 13.3. The highest BCUT2D eigenvalue weighted by molar-refractivity contribution is 7.89. The quantitative estimate of drug-likeness (QED) is 0.740. The van der Waals surface area contributed by atoms with Gasteiger partial charge >= 0.3 is 0 Å². The molecule has 2 aromatic rings. The number of sulfonamides is 1. The van der Waals surface area contributed by atoms with Crippen LogP contribution in [0.4, 0.5) is 5.82 Å². The van der Waals surface area contributed by atoms with Gasteiger partial charge in [-0.2, -0.15) is 5.10 Å². The summed E-state index contributed by atoms with van der Waals surface area (Å²) in [6, 6.07) is 6.98. The Balaban J connectivity index is 1.64. The van der Waals surface area contributed by atoms with Gasteiger partial charge in [0, 0.05) is 40.7 Å². The Bertz CT molecular complexity index is 933. The van der Waals surface area contributed by atoms with E-state index in [-0.39, 0.29) is 17.6 Å². The van der Waals surface area contributed by atoms with Gasteiger partial charge in [0.2, 0.25) is 15.9 Å². The molecule has 0 radical (unpaired) electrons. The molecule has 1 aromatic heterocycles. The second-order valence-corrected chi connectivity index (χ2v) is 9.71. The van der Waals surface area contributed by atoms with Crippen molar-refractivity contribution in [3.05, 3.63) is 46.1 Å². The summed E-state index contributed by atoms with van der Waals surface area (Å²) < 4.78 is 27.0. The lowest BCUT2D eigenvalue weighted by Gasteiger charge is -2.30. The average Bonchev–Trinajstić information content (AvgIpc) is 3.11. The summed E-state index contributed by atoms with van der Waals surface area (Å²) in [7, 11) is -3.21. The van der Waals surface area contributed by atoms with E-state index in [0.717, 1.165) is 5.56 Å². The molecule has 7 nitrogen and oxygen atoms in total. The minimum Gasteiger partial charge on any atom is -0.311 e. The van der Waals surface area contributed by atoms with Crippen LogP contribution in [0.2, 0.25) is 10.0 Å². The molecule has 1 fully saturated rings. The van der Waals surface area contributed by atoms with Crippen LogP contribution in [0.5, 0.6) is 0 Å². The van der Waals surface area contributed by atoms with Crippen LogP contribution in [-0.2, 0) is 21.4 Å².